The lowest BCUT2D eigenvalue weighted by Crippen LogP contribution is -2.50. The van der Waals surface area contributed by atoms with E-state index in [1.807, 2.05) is 33.1 Å². The maximum absolute atomic E-state index is 12.7. The van der Waals surface area contributed by atoms with Gasteiger partial charge in [-0.2, -0.15) is 0 Å². The summed E-state index contributed by atoms with van der Waals surface area (Å²) in [6, 6.07) is -0.360. The molecule has 1 fully saturated rings. The minimum Gasteiger partial charge on any atom is -0.338 e. The minimum atomic E-state index is -0.464. The summed E-state index contributed by atoms with van der Waals surface area (Å²) in [7, 11) is 1.78. The number of hydrogen-bond acceptors (Lipinski definition) is 5. The van der Waals surface area contributed by atoms with Crippen LogP contribution in [0.25, 0.3) is 0 Å². The zero-order valence-electron chi connectivity index (χ0n) is 13.8. The second-order valence-electron chi connectivity index (χ2n) is 6.59. The van der Waals surface area contributed by atoms with Gasteiger partial charge in [0.1, 0.15) is 6.04 Å². The monoisotopic (exact) mass is 341 g/mol. The van der Waals surface area contributed by atoms with E-state index in [9.17, 15) is 9.59 Å². The zero-order chi connectivity index (χ0) is 16.5. The molecule has 0 aromatic carbocycles. The first-order chi connectivity index (χ1) is 10.2. The number of thiazole rings is 1. The molecule has 0 N–H and O–H groups in total. The van der Waals surface area contributed by atoms with Crippen LogP contribution in [0.2, 0.25) is 0 Å². The molecule has 1 aromatic rings. The molecule has 122 valence electrons. The van der Waals surface area contributed by atoms with Gasteiger partial charge in [0.05, 0.1) is 23.1 Å². The summed E-state index contributed by atoms with van der Waals surface area (Å²) in [6.07, 6.45) is 0. The number of amides is 2. The van der Waals surface area contributed by atoms with Crippen molar-refractivity contribution in [3.05, 3.63) is 16.1 Å². The lowest BCUT2D eigenvalue weighted by Gasteiger charge is -2.31. The molecule has 22 heavy (non-hydrogen) atoms. The highest BCUT2D eigenvalue weighted by Gasteiger charge is 2.40. The van der Waals surface area contributed by atoms with E-state index in [2.05, 4.69) is 4.98 Å². The molecular weight excluding hydrogens is 318 g/mol. The van der Waals surface area contributed by atoms with E-state index in [-0.39, 0.29) is 17.9 Å². The van der Waals surface area contributed by atoms with Gasteiger partial charge in [0.2, 0.25) is 11.8 Å². The highest BCUT2D eigenvalue weighted by atomic mass is 32.2. The second-order valence-corrected chi connectivity index (χ2v) is 8.65. The van der Waals surface area contributed by atoms with Crippen molar-refractivity contribution in [3.63, 3.8) is 0 Å². The molecule has 1 atom stereocenters. The molecule has 0 bridgehead atoms. The Morgan fingerprint density at radius 1 is 1.45 bits per heavy atom. The van der Waals surface area contributed by atoms with Gasteiger partial charge in [-0.25, -0.2) is 4.98 Å². The molecule has 2 heterocycles. The summed E-state index contributed by atoms with van der Waals surface area (Å²) in [4.78, 5) is 33.0. The van der Waals surface area contributed by atoms with Gasteiger partial charge in [0.15, 0.2) is 0 Å². The predicted octanol–water partition coefficient (Wildman–Crippen LogP) is 2.36. The van der Waals surface area contributed by atoms with Crippen LogP contribution in [0, 0.1) is 12.3 Å². The molecule has 0 unspecified atom stereocenters. The van der Waals surface area contributed by atoms with Crippen LogP contribution >= 0.6 is 23.1 Å². The molecule has 1 aromatic heterocycles. The summed E-state index contributed by atoms with van der Waals surface area (Å²) in [5.41, 5.74) is 0.436. The Balaban J connectivity index is 2.05. The number of aromatic nitrogens is 1. The van der Waals surface area contributed by atoms with Crippen molar-refractivity contribution in [3.8, 4) is 0 Å². The van der Waals surface area contributed by atoms with Gasteiger partial charge < -0.3 is 9.80 Å². The highest BCUT2D eigenvalue weighted by Crippen LogP contribution is 2.28. The number of nitrogens with zero attached hydrogens (tertiary/aromatic N) is 3. The zero-order valence-corrected chi connectivity index (χ0v) is 15.4. The number of likely N-dealkylation sites (N-methyl/N-ethyl adjacent to an activating group) is 1. The molecule has 2 rings (SSSR count). The number of thioether (sulfide) groups is 1. The van der Waals surface area contributed by atoms with Gasteiger partial charge in [-0.3, -0.25) is 9.59 Å². The van der Waals surface area contributed by atoms with E-state index in [0.717, 1.165) is 10.7 Å². The van der Waals surface area contributed by atoms with Gasteiger partial charge in [-0.15, -0.1) is 23.1 Å². The number of hydrogen-bond donors (Lipinski definition) is 0. The van der Waals surface area contributed by atoms with Crippen molar-refractivity contribution in [2.45, 2.75) is 40.3 Å². The first-order valence-corrected chi connectivity index (χ1v) is 9.28. The van der Waals surface area contributed by atoms with Crippen molar-refractivity contribution in [1.29, 1.82) is 0 Å². The summed E-state index contributed by atoms with van der Waals surface area (Å²) in [5.74, 6) is 1.29. The smallest absolute Gasteiger partial charge is 0.246 e. The Morgan fingerprint density at radius 2 is 2.14 bits per heavy atom. The Hall–Kier alpha value is -1.08. The third-order valence-electron chi connectivity index (χ3n) is 3.51. The molecule has 0 saturated carbocycles. The van der Waals surface area contributed by atoms with Gasteiger partial charge in [0, 0.05) is 23.6 Å². The van der Waals surface area contributed by atoms with Crippen LogP contribution in [0.3, 0.4) is 0 Å². The van der Waals surface area contributed by atoms with Crippen molar-refractivity contribution in [2.24, 2.45) is 5.41 Å². The Kier molecular flexibility index (Phi) is 5.17. The van der Waals surface area contributed by atoms with E-state index >= 15 is 0 Å². The van der Waals surface area contributed by atoms with Gasteiger partial charge in [-0.1, -0.05) is 20.8 Å². The fourth-order valence-corrected chi connectivity index (χ4v) is 4.08. The molecule has 0 spiro atoms. The van der Waals surface area contributed by atoms with Crippen LogP contribution < -0.4 is 0 Å². The first-order valence-electron chi connectivity index (χ1n) is 7.25. The predicted molar refractivity (Wildman–Crippen MR) is 90.7 cm³/mol. The van der Waals surface area contributed by atoms with Gasteiger partial charge in [0.25, 0.3) is 0 Å². The van der Waals surface area contributed by atoms with Crippen LogP contribution in [0.5, 0.6) is 0 Å². The Bertz CT molecular complexity index is 565. The van der Waals surface area contributed by atoms with Crippen LogP contribution in [-0.4, -0.2) is 51.3 Å². The molecule has 1 aliphatic rings. The first kappa shape index (κ1) is 17.3. The normalized spacial score (nSPS) is 18.6. The quantitative estimate of drug-likeness (QED) is 0.847. The second kappa shape index (κ2) is 6.58. The molecule has 1 saturated heterocycles. The van der Waals surface area contributed by atoms with Crippen LogP contribution in [0.1, 0.15) is 31.5 Å². The lowest BCUT2D eigenvalue weighted by molar-refractivity contribution is -0.147. The van der Waals surface area contributed by atoms with Crippen LogP contribution in [0.15, 0.2) is 5.38 Å². The van der Waals surface area contributed by atoms with Gasteiger partial charge >= 0.3 is 0 Å². The minimum absolute atomic E-state index is 0.00625. The standard InChI is InChI=1S/C15H23N3O2S2/c1-10-16-11(7-22-10)6-17(5)13(19)12-8-21-9-18(12)14(20)15(2,3)4/h7,12H,6,8-9H2,1-5H3/t12-/m0/s1. The Labute approximate surface area is 140 Å². The van der Waals surface area contributed by atoms with E-state index in [1.165, 1.54) is 0 Å². The number of rotatable bonds is 3. The maximum Gasteiger partial charge on any atom is 0.246 e. The SMILES string of the molecule is Cc1nc(CN(C)C(=O)[C@@H]2CSCN2C(=O)C(C)(C)C)cs1. The summed E-state index contributed by atoms with van der Waals surface area (Å²) in [6.45, 7) is 8.11. The van der Waals surface area contributed by atoms with Crippen molar-refractivity contribution < 1.29 is 9.59 Å². The summed E-state index contributed by atoms with van der Waals surface area (Å²) in [5, 5.41) is 2.97. The molecule has 1 aliphatic heterocycles. The topological polar surface area (TPSA) is 53.5 Å². The number of carbonyl (C=O) groups excluding carboxylic acids is 2. The third-order valence-corrected chi connectivity index (χ3v) is 5.35. The maximum atomic E-state index is 12.7. The molecule has 5 nitrogen and oxygen atoms in total. The van der Waals surface area contributed by atoms with Crippen LogP contribution in [0.4, 0.5) is 0 Å². The summed E-state index contributed by atoms with van der Waals surface area (Å²) >= 11 is 3.22. The van der Waals surface area contributed by atoms with E-state index in [0.29, 0.717) is 18.2 Å². The van der Waals surface area contributed by atoms with Crippen molar-refractivity contribution in [1.82, 2.24) is 14.8 Å². The molecule has 0 aliphatic carbocycles. The largest absolute Gasteiger partial charge is 0.338 e. The highest BCUT2D eigenvalue weighted by molar-refractivity contribution is 7.99. The molecule has 2 amide bonds. The third kappa shape index (κ3) is 3.81. The molecular formula is C15H23N3O2S2. The molecule has 0 radical (unpaired) electrons. The number of carbonyl (C=O) groups is 2. The fourth-order valence-electron chi connectivity index (χ4n) is 2.33. The van der Waals surface area contributed by atoms with Crippen molar-refractivity contribution >= 4 is 34.9 Å². The lowest BCUT2D eigenvalue weighted by atomic mass is 9.94. The molecule has 7 heteroatoms. The number of aryl methyl sites for hydroxylation is 1. The summed E-state index contributed by atoms with van der Waals surface area (Å²) < 4.78 is 0. The Morgan fingerprint density at radius 3 is 2.68 bits per heavy atom. The average molecular weight is 342 g/mol. The van der Waals surface area contributed by atoms with E-state index in [1.54, 1.807) is 39.9 Å². The van der Waals surface area contributed by atoms with E-state index in [4.69, 9.17) is 0 Å². The average Bonchev–Trinajstić information content (AvgIpc) is 3.04. The van der Waals surface area contributed by atoms with E-state index < -0.39 is 5.41 Å². The van der Waals surface area contributed by atoms with Gasteiger partial charge in [-0.05, 0) is 6.92 Å². The van der Waals surface area contributed by atoms with Crippen molar-refractivity contribution in [2.75, 3.05) is 18.7 Å². The fraction of sp³-hybridized carbons (Fsp3) is 0.667. The van der Waals surface area contributed by atoms with Crippen LogP contribution in [-0.2, 0) is 16.1 Å².